The van der Waals surface area contributed by atoms with Gasteiger partial charge in [-0.05, 0) is 59.7 Å². The first-order chi connectivity index (χ1) is 17.1. The Morgan fingerprint density at radius 2 is 0.943 bits per heavy atom. The van der Waals surface area contributed by atoms with Gasteiger partial charge < -0.3 is 10.2 Å². The van der Waals surface area contributed by atoms with E-state index in [4.69, 9.17) is 0 Å². The van der Waals surface area contributed by atoms with Crippen LogP contribution in [0.2, 0.25) is 0 Å². The Hall–Kier alpha value is -2.65. The van der Waals surface area contributed by atoms with Crippen molar-refractivity contribution in [1.29, 1.82) is 0 Å². The van der Waals surface area contributed by atoms with E-state index in [1.54, 1.807) is 0 Å². The van der Waals surface area contributed by atoms with Crippen LogP contribution in [0.1, 0.15) is 76.3 Å². The number of hydrogen-bond donors (Lipinski definition) is 2. The van der Waals surface area contributed by atoms with Crippen molar-refractivity contribution >= 4 is 33.3 Å². The predicted molar refractivity (Wildman–Crippen MR) is 151 cm³/mol. The van der Waals surface area contributed by atoms with Gasteiger partial charge >= 0.3 is 0 Å². The zero-order chi connectivity index (χ0) is 24.6. The third kappa shape index (κ3) is 5.95. The van der Waals surface area contributed by atoms with Crippen molar-refractivity contribution in [2.45, 2.75) is 87.8 Å². The van der Waals surface area contributed by atoms with E-state index in [1.165, 1.54) is 61.4 Å². The van der Waals surface area contributed by atoms with E-state index >= 15 is 0 Å². The monoisotopic (exact) mass is 486 g/mol. The number of unbranched alkanes of at least 4 members (excludes halogenated alkanes) is 6. The Balaban J connectivity index is 1.72. The summed E-state index contributed by atoms with van der Waals surface area (Å²) in [6.45, 7) is 4.47. The minimum Gasteiger partial charge on any atom is -0.506 e. The number of aryl methyl sites for hydroxylation is 2. The number of benzene rings is 4. The lowest BCUT2D eigenvalue weighted by Gasteiger charge is -2.16. The maximum Gasteiger partial charge on any atom is 0.137 e. The second-order valence-corrected chi connectivity index (χ2v) is 10.7. The fourth-order valence-electron chi connectivity index (χ4n) is 4.99. The first-order valence-corrected chi connectivity index (χ1v) is 14.1. The van der Waals surface area contributed by atoms with Gasteiger partial charge in [-0.15, -0.1) is 0 Å². The zero-order valence-corrected chi connectivity index (χ0v) is 22.0. The zero-order valence-electron chi connectivity index (χ0n) is 21.1. The highest BCUT2D eigenvalue weighted by Crippen LogP contribution is 2.46. The molecule has 0 amide bonds. The smallest absolute Gasteiger partial charge is 0.137 e. The molecule has 0 aromatic heterocycles. The molecule has 0 atom stereocenters. The first kappa shape index (κ1) is 25.4. The highest BCUT2D eigenvalue weighted by molar-refractivity contribution is 7.99. The van der Waals surface area contributed by atoms with Gasteiger partial charge in [-0.3, -0.25) is 0 Å². The number of phenolic OH excluding ortho intramolecular Hbond substituents is 2. The second-order valence-electron chi connectivity index (χ2n) is 9.58. The SMILES string of the molecule is CCCCCCc1cc(Sc2cc(CCCCCC)c3ccccc3c2O)c(O)c2ccccc12. The molecule has 4 rings (SSSR count). The summed E-state index contributed by atoms with van der Waals surface area (Å²) >= 11 is 1.49. The van der Waals surface area contributed by atoms with Crippen molar-refractivity contribution in [2.75, 3.05) is 0 Å². The minimum absolute atomic E-state index is 0.306. The van der Waals surface area contributed by atoms with Crippen molar-refractivity contribution in [2.24, 2.45) is 0 Å². The summed E-state index contributed by atoms with van der Waals surface area (Å²) in [6.07, 6.45) is 11.7. The Labute approximate surface area is 214 Å². The van der Waals surface area contributed by atoms with Gasteiger partial charge in [0, 0.05) is 10.8 Å². The fraction of sp³-hybridized carbons (Fsp3) is 0.375. The van der Waals surface area contributed by atoms with Gasteiger partial charge in [0.2, 0.25) is 0 Å². The van der Waals surface area contributed by atoms with Crippen LogP contribution in [0.3, 0.4) is 0 Å². The van der Waals surface area contributed by atoms with Crippen molar-refractivity contribution in [3.8, 4) is 11.5 Å². The molecule has 0 aliphatic heterocycles. The topological polar surface area (TPSA) is 40.5 Å². The Bertz CT molecular complexity index is 1180. The van der Waals surface area contributed by atoms with Gasteiger partial charge in [0.1, 0.15) is 11.5 Å². The van der Waals surface area contributed by atoms with Crippen LogP contribution in [0.5, 0.6) is 11.5 Å². The maximum absolute atomic E-state index is 11.2. The lowest BCUT2D eigenvalue weighted by atomic mass is 9.98. The summed E-state index contributed by atoms with van der Waals surface area (Å²) in [5.74, 6) is 0.611. The van der Waals surface area contributed by atoms with Gasteiger partial charge in [0.05, 0.1) is 9.79 Å². The molecule has 0 fully saturated rings. The number of rotatable bonds is 12. The van der Waals surface area contributed by atoms with Gasteiger partial charge in [-0.25, -0.2) is 0 Å². The Morgan fingerprint density at radius 1 is 0.543 bits per heavy atom. The van der Waals surface area contributed by atoms with Crippen LogP contribution in [0, 0.1) is 0 Å². The van der Waals surface area contributed by atoms with Crippen LogP contribution in [-0.2, 0) is 12.8 Å². The predicted octanol–water partition coefficient (Wildman–Crippen LogP) is 9.80. The summed E-state index contributed by atoms with van der Waals surface area (Å²) in [6, 6.07) is 20.6. The molecule has 0 saturated carbocycles. The largest absolute Gasteiger partial charge is 0.506 e. The molecule has 0 radical (unpaired) electrons. The maximum atomic E-state index is 11.2. The van der Waals surface area contributed by atoms with Gasteiger partial charge in [0.15, 0.2) is 0 Å². The number of phenols is 2. The highest BCUT2D eigenvalue weighted by atomic mass is 32.2. The van der Waals surface area contributed by atoms with E-state index in [9.17, 15) is 10.2 Å². The molecule has 0 spiro atoms. The molecule has 3 heteroatoms. The molecule has 0 aliphatic carbocycles. The van der Waals surface area contributed by atoms with Gasteiger partial charge in [0.25, 0.3) is 0 Å². The minimum atomic E-state index is 0.306. The Morgan fingerprint density at radius 3 is 1.34 bits per heavy atom. The molecule has 2 N–H and O–H groups in total. The lowest BCUT2D eigenvalue weighted by Crippen LogP contribution is -1.93. The number of fused-ring (bicyclic) bond motifs is 2. The molecule has 0 unspecified atom stereocenters. The van der Waals surface area contributed by atoms with Crippen LogP contribution >= 0.6 is 11.8 Å². The van der Waals surface area contributed by atoms with Crippen molar-refractivity contribution < 1.29 is 10.2 Å². The average Bonchev–Trinajstić information content (AvgIpc) is 2.89. The quantitative estimate of drug-likeness (QED) is 0.196. The van der Waals surface area contributed by atoms with Crippen LogP contribution < -0.4 is 0 Å². The molecule has 0 aliphatic rings. The summed E-state index contributed by atoms with van der Waals surface area (Å²) < 4.78 is 0. The van der Waals surface area contributed by atoms with E-state index in [-0.39, 0.29) is 0 Å². The lowest BCUT2D eigenvalue weighted by molar-refractivity contribution is 0.466. The normalized spacial score (nSPS) is 11.5. The van der Waals surface area contributed by atoms with Crippen molar-refractivity contribution in [3.05, 3.63) is 71.8 Å². The summed E-state index contributed by atoms with van der Waals surface area (Å²) in [5.41, 5.74) is 2.55. The number of hydrogen-bond acceptors (Lipinski definition) is 3. The Kier molecular flexibility index (Phi) is 8.98. The number of aromatic hydroxyl groups is 2. The third-order valence-electron chi connectivity index (χ3n) is 6.95. The van der Waals surface area contributed by atoms with Crippen LogP contribution in [0.15, 0.2) is 70.5 Å². The molecule has 35 heavy (non-hydrogen) atoms. The molecular formula is C32H38O2S. The molecule has 0 bridgehead atoms. The highest BCUT2D eigenvalue weighted by Gasteiger charge is 2.17. The molecule has 184 valence electrons. The van der Waals surface area contributed by atoms with E-state index < -0.39 is 0 Å². The molecule has 0 saturated heterocycles. The summed E-state index contributed by atoms with van der Waals surface area (Å²) in [5, 5.41) is 26.5. The van der Waals surface area contributed by atoms with Crippen molar-refractivity contribution in [1.82, 2.24) is 0 Å². The second kappa shape index (κ2) is 12.4. The fourth-order valence-corrected chi connectivity index (χ4v) is 6.04. The molecule has 4 aromatic carbocycles. The molecule has 2 nitrogen and oxygen atoms in total. The molecular weight excluding hydrogens is 448 g/mol. The average molecular weight is 487 g/mol. The van der Waals surface area contributed by atoms with Crippen LogP contribution in [0.4, 0.5) is 0 Å². The van der Waals surface area contributed by atoms with Gasteiger partial charge in [-0.2, -0.15) is 0 Å². The van der Waals surface area contributed by atoms with Crippen LogP contribution in [0.25, 0.3) is 21.5 Å². The van der Waals surface area contributed by atoms with Crippen molar-refractivity contribution in [3.63, 3.8) is 0 Å². The van der Waals surface area contributed by atoms with Crippen LogP contribution in [-0.4, -0.2) is 10.2 Å². The van der Waals surface area contributed by atoms with E-state index in [0.29, 0.717) is 11.5 Å². The summed E-state index contributed by atoms with van der Waals surface area (Å²) in [7, 11) is 0. The van der Waals surface area contributed by atoms with Gasteiger partial charge in [-0.1, -0.05) is 113 Å². The summed E-state index contributed by atoms with van der Waals surface area (Å²) in [4.78, 5) is 1.63. The van der Waals surface area contributed by atoms with E-state index in [1.807, 2.05) is 36.4 Å². The standard InChI is InChI=1S/C32H38O2S/c1-3-5-7-9-15-23-21-29(31(33)27-19-13-11-17-25(23)27)35-30-22-24(16-10-8-6-4-2)26-18-12-14-20-28(26)32(30)34/h11-14,17-22,33-34H,3-10,15-16H2,1-2H3. The first-order valence-electron chi connectivity index (χ1n) is 13.3. The van der Waals surface area contributed by atoms with E-state index in [0.717, 1.165) is 57.0 Å². The molecule has 4 aromatic rings. The van der Waals surface area contributed by atoms with E-state index in [2.05, 4.69) is 38.1 Å². The third-order valence-corrected chi connectivity index (χ3v) is 8.02. The molecule has 0 heterocycles.